The molecule has 0 bridgehead atoms. The summed E-state index contributed by atoms with van der Waals surface area (Å²) in [6, 6.07) is 11.8. The Morgan fingerprint density at radius 1 is 1.09 bits per heavy atom. The van der Waals surface area contributed by atoms with Gasteiger partial charge in [-0.2, -0.15) is 0 Å². The molecular formula is C19H20N2O2. The molecule has 118 valence electrons. The zero-order valence-corrected chi connectivity index (χ0v) is 13.5. The third-order valence-electron chi connectivity index (χ3n) is 3.86. The Morgan fingerprint density at radius 3 is 2.74 bits per heavy atom. The number of nitrogens with zero attached hydrogens (tertiary/aromatic N) is 2. The van der Waals surface area contributed by atoms with E-state index in [-0.39, 0.29) is 0 Å². The fourth-order valence-electron chi connectivity index (χ4n) is 2.69. The van der Waals surface area contributed by atoms with Crippen molar-refractivity contribution in [2.45, 2.75) is 12.8 Å². The van der Waals surface area contributed by atoms with Gasteiger partial charge in [-0.15, -0.1) is 0 Å². The number of hydrogen-bond acceptors (Lipinski definition) is 4. The normalized spacial score (nSPS) is 16.1. The molecule has 0 fully saturated rings. The van der Waals surface area contributed by atoms with Gasteiger partial charge in [0.1, 0.15) is 11.5 Å². The van der Waals surface area contributed by atoms with Gasteiger partial charge in [0.05, 0.1) is 25.6 Å². The third kappa shape index (κ3) is 3.42. The van der Waals surface area contributed by atoms with Crippen LogP contribution in [0.25, 0.3) is 6.08 Å². The molecule has 0 atom stereocenters. The monoisotopic (exact) mass is 308 g/mol. The van der Waals surface area contributed by atoms with Crippen LogP contribution in [0.5, 0.6) is 11.5 Å². The Morgan fingerprint density at radius 2 is 2.00 bits per heavy atom. The minimum absolute atomic E-state index is 0.784. The highest BCUT2D eigenvalue weighted by atomic mass is 16.5. The largest absolute Gasteiger partial charge is 0.497 e. The lowest BCUT2D eigenvalue weighted by atomic mass is 9.96. The number of aromatic nitrogens is 1. The predicted molar refractivity (Wildman–Crippen MR) is 92.4 cm³/mol. The molecule has 3 rings (SSSR count). The fraction of sp³-hybridized carbons (Fsp3) is 0.263. The molecule has 0 amide bonds. The summed E-state index contributed by atoms with van der Waals surface area (Å²) in [7, 11) is 3.32. The van der Waals surface area contributed by atoms with E-state index in [1.54, 1.807) is 20.4 Å². The maximum absolute atomic E-state index is 5.49. The van der Waals surface area contributed by atoms with Crippen LogP contribution in [0.3, 0.4) is 0 Å². The second-order valence-corrected chi connectivity index (χ2v) is 5.33. The smallest absolute Gasteiger partial charge is 0.129 e. The van der Waals surface area contributed by atoms with Crippen molar-refractivity contribution in [1.29, 1.82) is 0 Å². The molecule has 0 spiro atoms. The van der Waals surface area contributed by atoms with E-state index in [0.29, 0.717) is 0 Å². The van der Waals surface area contributed by atoms with Crippen molar-refractivity contribution in [3.63, 3.8) is 0 Å². The number of allylic oxidation sites excluding steroid dienone is 1. The molecule has 23 heavy (non-hydrogen) atoms. The van der Waals surface area contributed by atoms with Crippen molar-refractivity contribution in [1.82, 2.24) is 4.98 Å². The van der Waals surface area contributed by atoms with Crippen LogP contribution < -0.4 is 9.47 Å². The lowest BCUT2D eigenvalue weighted by molar-refractivity contribution is 0.393. The molecule has 2 heterocycles. The van der Waals surface area contributed by atoms with Gasteiger partial charge in [-0.1, -0.05) is 6.07 Å². The van der Waals surface area contributed by atoms with Gasteiger partial charge in [0, 0.05) is 24.4 Å². The SMILES string of the molecule is COc1ccc(/C=C2\CCCN=C2c2ccccn2)c(OC)c1. The van der Waals surface area contributed by atoms with E-state index in [4.69, 9.17) is 9.47 Å². The van der Waals surface area contributed by atoms with E-state index in [1.165, 1.54) is 5.57 Å². The molecule has 1 aliphatic heterocycles. The van der Waals surface area contributed by atoms with Crippen LogP contribution in [-0.4, -0.2) is 31.5 Å². The van der Waals surface area contributed by atoms with Gasteiger partial charge in [0.15, 0.2) is 0 Å². The number of pyridine rings is 1. The van der Waals surface area contributed by atoms with Crippen LogP contribution in [0.2, 0.25) is 0 Å². The molecule has 1 aromatic carbocycles. The lowest BCUT2D eigenvalue weighted by Crippen LogP contribution is -2.13. The van der Waals surface area contributed by atoms with Crippen LogP contribution >= 0.6 is 0 Å². The minimum atomic E-state index is 0.784. The summed E-state index contributed by atoms with van der Waals surface area (Å²) >= 11 is 0. The Bertz CT molecular complexity index is 736. The molecule has 0 unspecified atom stereocenters. The molecule has 0 saturated heterocycles. The Kier molecular flexibility index (Phi) is 4.71. The molecule has 0 radical (unpaired) electrons. The van der Waals surface area contributed by atoms with Crippen LogP contribution in [-0.2, 0) is 0 Å². The number of rotatable bonds is 4. The van der Waals surface area contributed by atoms with Gasteiger partial charge >= 0.3 is 0 Å². The molecular weight excluding hydrogens is 288 g/mol. The van der Waals surface area contributed by atoms with E-state index in [2.05, 4.69) is 16.1 Å². The molecule has 4 nitrogen and oxygen atoms in total. The number of benzene rings is 1. The molecule has 0 N–H and O–H groups in total. The highest BCUT2D eigenvalue weighted by Crippen LogP contribution is 2.29. The summed E-state index contributed by atoms with van der Waals surface area (Å²) in [5.41, 5.74) is 4.12. The number of methoxy groups -OCH3 is 2. The first-order chi connectivity index (χ1) is 11.3. The summed E-state index contributed by atoms with van der Waals surface area (Å²) < 4.78 is 10.7. The third-order valence-corrected chi connectivity index (χ3v) is 3.86. The molecule has 0 saturated carbocycles. The van der Waals surface area contributed by atoms with Gasteiger partial charge in [-0.25, -0.2) is 0 Å². The number of ether oxygens (including phenoxy) is 2. The summed E-state index contributed by atoms with van der Waals surface area (Å²) in [5.74, 6) is 1.58. The average molecular weight is 308 g/mol. The van der Waals surface area contributed by atoms with E-state index in [1.807, 2.05) is 36.4 Å². The zero-order chi connectivity index (χ0) is 16.1. The van der Waals surface area contributed by atoms with Crippen LogP contribution in [0.1, 0.15) is 24.1 Å². The van der Waals surface area contributed by atoms with Gasteiger partial charge in [0.2, 0.25) is 0 Å². The van der Waals surface area contributed by atoms with Crippen LogP contribution in [0.4, 0.5) is 0 Å². The van der Waals surface area contributed by atoms with Crippen molar-refractivity contribution in [2.24, 2.45) is 4.99 Å². The number of hydrogen-bond donors (Lipinski definition) is 0. The molecule has 2 aromatic rings. The topological polar surface area (TPSA) is 43.7 Å². The maximum atomic E-state index is 5.49. The molecule has 1 aliphatic rings. The van der Waals surface area contributed by atoms with Gasteiger partial charge in [-0.05, 0) is 48.8 Å². The quantitative estimate of drug-likeness (QED) is 0.863. The van der Waals surface area contributed by atoms with E-state index < -0.39 is 0 Å². The Hall–Kier alpha value is -2.62. The van der Waals surface area contributed by atoms with E-state index in [0.717, 1.165) is 47.9 Å². The first-order valence-corrected chi connectivity index (χ1v) is 7.70. The molecule has 4 heteroatoms. The van der Waals surface area contributed by atoms with Crippen molar-refractivity contribution in [3.05, 3.63) is 59.4 Å². The standard InChI is InChI=1S/C19H20N2O2/c1-22-16-9-8-14(18(13-16)23-2)12-15-6-5-11-21-19(15)17-7-3-4-10-20-17/h3-4,7-10,12-13H,5-6,11H2,1-2H3/b15-12+. The van der Waals surface area contributed by atoms with Gasteiger partial charge in [0.25, 0.3) is 0 Å². The van der Waals surface area contributed by atoms with Crippen molar-refractivity contribution in [3.8, 4) is 11.5 Å². The number of aliphatic imine (C=N–C) groups is 1. The van der Waals surface area contributed by atoms with Crippen LogP contribution in [0, 0.1) is 0 Å². The predicted octanol–water partition coefficient (Wildman–Crippen LogP) is 3.77. The first kappa shape index (κ1) is 15.3. The highest BCUT2D eigenvalue weighted by molar-refractivity contribution is 6.14. The molecule has 1 aromatic heterocycles. The van der Waals surface area contributed by atoms with Crippen molar-refractivity contribution in [2.75, 3.05) is 20.8 Å². The van der Waals surface area contributed by atoms with Crippen molar-refractivity contribution < 1.29 is 9.47 Å². The van der Waals surface area contributed by atoms with Gasteiger partial charge < -0.3 is 9.47 Å². The van der Waals surface area contributed by atoms with Crippen molar-refractivity contribution >= 4 is 11.8 Å². The maximum Gasteiger partial charge on any atom is 0.129 e. The first-order valence-electron chi connectivity index (χ1n) is 7.70. The summed E-state index contributed by atoms with van der Waals surface area (Å²) in [6.45, 7) is 0.850. The summed E-state index contributed by atoms with van der Waals surface area (Å²) in [6.07, 6.45) is 5.99. The lowest BCUT2D eigenvalue weighted by Gasteiger charge is -2.16. The Balaban J connectivity index is 2.00. The summed E-state index contributed by atoms with van der Waals surface area (Å²) in [4.78, 5) is 9.13. The second kappa shape index (κ2) is 7.09. The van der Waals surface area contributed by atoms with E-state index >= 15 is 0 Å². The highest BCUT2D eigenvalue weighted by Gasteiger charge is 2.16. The average Bonchev–Trinajstić information content (AvgIpc) is 2.63. The Labute approximate surface area is 136 Å². The minimum Gasteiger partial charge on any atom is -0.497 e. The van der Waals surface area contributed by atoms with Gasteiger partial charge in [-0.3, -0.25) is 9.98 Å². The van der Waals surface area contributed by atoms with E-state index in [9.17, 15) is 0 Å². The zero-order valence-electron chi connectivity index (χ0n) is 13.5. The summed E-state index contributed by atoms with van der Waals surface area (Å²) in [5, 5.41) is 0. The fourth-order valence-corrected chi connectivity index (χ4v) is 2.69. The molecule has 0 aliphatic carbocycles. The second-order valence-electron chi connectivity index (χ2n) is 5.33. The van der Waals surface area contributed by atoms with Crippen LogP contribution in [0.15, 0.2) is 53.2 Å².